The summed E-state index contributed by atoms with van der Waals surface area (Å²) < 4.78 is 52.3. The second-order valence-electron chi connectivity index (χ2n) is 7.53. The van der Waals surface area contributed by atoms with Crippen molar-refractivity contribution in [1.82, 2.24) is 25.1 Å². The molecule has 1 aliphatic rings. The number of benzene rings is 1. The fraction of sp³-hybridized carbons (Fsp3) is 0.316. The number of nitrogens with one attached hydrogen (secondary N) is 3. The molecule has 0 saturated heterocycles. The van der Waals surface area contributed by atoms with Gasteiger partial charge in [0.2, 0.25) is 5.95 Å². The van der Waals surface area contributed by atoms with Crippen LogP contribution >= 0.6 is 0 Å². The van der Waals surface area contributed by atoms with Crippen LogP contribution in [0.15, 0.2) is 23.1 Å². The van der Waals surface area contributed by atoms with Crippen molar-refractivity contribution in [2.75, 3.05) is 30.5 Å². The topological polar surface area (TPSA) is 116 Å². The van der Waals surface area contributed by atoms with Crippen LogP contribution in [0.1, 0.15) is 17.0 Å². The van der Waals surface area contributed by atoms with Crippen molar-refractivity contribution >= 4 is 33.1 Å². The van der Waals surface area contributed by atoms with Gasteiger partial charge in [-0.05, 0) is 32.5 Å². The molecule has 9 nitrogen and oxygen atoms in total. The zero-order chi connectivity index (χ0) is 22.3. The molecule has 0 amide bonds. The lowest BCUT2D eigenvalue weighted by molar-refractivity contribution is 0.307. The molecule has 0 saturated carbocycles. The molecule has 4 rings (SSSR count). The summed E-state index contributed by atoms with van der Waals surface area (Å²) >= 11 is 0. The fourth-order valence-corrected chi connectivity index (χ4v) is 3.95. The molecule has 0 atom stereocenters. The Morgan fingerprint density at radius 3 is 2.45 bits per heavy atom. The molecule has 3 heterocycles. The Morgan fingerprint density at radius 2 is 1.84 bits per heavy atom. The number of halogens is 2. The Balaban J connectivity index is 1.73. The lowest BCUT2D eigenvalue weighted by Crippen LogP contribution is -2.28. The first-order valence-electron chi connectivity index (χ1n) is 9.43. The highest BCUT2D eigenvalue weighted by Crippen LogP contribution is 2.30. The predicted molar refractivity (Wildman–Crippen MR) is 111 cm³/mol. The quantitative estimate of drug-likeness (QED) is 0.545. The molecule has 2 aromatic heterocycles. The fourth-order valence-electron chi connectivity index (χ4n) is 3.32. The van der Waals surface area contributed by atoms with Crippen LogP contribution in [0.4, 0.5) is 32.1 Å². The summed E-state index contributed by atoms with van der Waals surface area (Å²) in [6.07, 6.45) is 1.58. The number of nitrogens with zero attached hydrogens (tertiary/aromatic N) is 4. The van der Waals surface area contributed by atoms with Gasteiger partial charge in [-0.25, -0.2) is 22.2 Å². The van der Waals surface area contributed by atoms with Gasteiger partial charge in [0, 0.05) is 36.7 Å². The van der Waals surface area contributed by atoms with Gasteiger partial charge >= 0.3 is 0 Å². The number of anilines is 4. The Hall–Kier alpha value is -3.12. The Kier molecular flexibility index (Phi) is 5.35. The van der Waals surface area contributed by atoms with Gasteiger partial charge in [0.15, 0.2) is 27.3 Å². The molecule has 0 unspecified atom stereocenters. The van der Waals surface area contributed by atoms with Crippen molar-refractivity contribution in [1.29, 1.82) is 0 Å². The number of aromatic nitrogens is 4. The minimum Gasteiger partial charge on any atom is -0.323 e. The predicted octanol–water partition coefficient (Wildman–Crippen LogP) is 2.66. The number of fused-ring (bicyclic) bond motifs is 1. The summed E-state index contributed by atoms with van der Waals surface area (Å²) in [4.78, 5) is 10.5. The molecule has 0 fully saturated rings. The maximum absolute atomic E-state index is 14.5. The second kappa shape index (κ2) is 7.85. The highest BCUT2D eigenvalue weighted by molar-refractivity contribution is 7.90. The van der Waals surface area contributed by atoms with Crippen molar-refractivity contribution in [3.63, 3.8) is 0 Å². The number of aryl methyl sites for hydroxylation is 1. The molecule has 0 spiro atoms. The Bertz CT molecular complexity index is 1240. The van der Waals surface area contributed by atoms with Crippen molar-refractivity contribution in [2.45, 2.75) is 24.8 Å². The number of hydrogen-bond acceptors (Lipinski definition) is 8. The highest BCUT2D eigenvalue weighted by Gasteiger charge is 2.23. The lowest BCUT2D eigenvalue weighted by atomic mass is 10.1. The SMILES string of the molecule is Cc1cc(Nc2nc(Nc3c(F)cc(S(C)(=O)=O)cc3F)nc3c2CCN(C)C3)n[nH]1. The number of sulfone groups is 1. The van der Waals surface area contributed by atoms with Crippen molar-refractivity contribution in [3.05, 3.63) is 46.8 Å². The minimum absolute atomic E-state index is 0.0197. The third-order valence-electron chi connectivity index (χ3n) is 4.89. The lowest BCUT2D eigenvalue weighted by Gasteiger charge is -2.26. The smallest absolute Gasteiger partial charge is 0.229 e. The maximum atomic E-state index is 14.5. The monoisotopic (exact) mass is 449 g/mol. The second-order valence-corrected chi connectivity index (χ2v) is 9.54. The molecule has 31 heavy (non-hydrogen) atoms. The van der Waals surface area contributed by atoms with E-state index >= 15 is 0 Å². The highest BCUT2D eigenvalue weighted by atomic mass is 32.2. The molecule has 1 aromatic carbocycles. The van der Waals surface area contributed by atoms with Gasteiger partial charge in [-0.1, -0.05) is 0 Å². The number of hydrogen-bond donors (Lipinski definition) is 3. The van der Waals surface area contributed by atoms with E-state index in [0.29, 0.717) is 24.6 Å². The van der Waals surface area contributed by atoms with Gasteiger partial charge in [-0.3, -0.25) is 5.10 Å². The molecule has 3 aromatic rings. The molecule has 1 aliphatic heterocycles. The molecule has 0 aliphatic carbocycles. The van der Waals surface area contributed by atoms with E-state index in [1.165, 1.54) is 0 Å². The number of likely N-dealkylation sites (N-methyl/N-ethyl adjacent to an activating group) is 1. The molecule has 164 valence electrons. The van der Waals surface area contributed by atoms with Gasteiger partial charge in [-0.15, -0.1) is 0 Å². The van der Waals surface area contributed by atoms with Crippen LogP contribution < -0.4 is 10.6 Å². The summed E-state index contributed by atoms with van der Waals surface area (Å²) in [7, 11) is -1.81. The average molecular weight is 449 g/mol. The number of rotatable bonds is 5. The molecular weight excluding hydrogens is 428 g/mol. The van der Waals surface area contributed by atoms with E-state index in [4.69, 9.17) is 0 Å². The van der Waals surface area contributed by atoms with Gasteiger partial charge in [-0.2, -0.15) is 10.1 Å². The summed E-state index contributed by atoms with van der Waals surface area (Å²) in [5.74, 6) is -1.10. The first-order chi connectivity index (χ1) is 14.6. The zero-order valence-electron chi connectivity index (χ0n) is 17.1. The van der Waals surface area contributed by atoms with Crippen LogP contribution in [0.25, 0.3) is 0 Å². The molecule has 0 radical (unpaired) electrons. The van der Waals surface area contributed by atoms with Crippen molar-refractivity contribution < 1.29 is 17.2 Å². The Labute approximate surface area is 177 Å². The van der Waals surface area contributed by atoms with Gasteiger partial charge in [0.1, 0.15) is 11.5 Å². The van der Waals surface area contributed by atoms with E-state index in [1.54, 1.807) is 6.07 Å². The molecule has 3 N–H and O–H groups in total. The summed E-state index contributed by atoms with van der Waals surface area (Å²) in [5.41, 5.74) is 1.95. The maximum Gasteiger partial charge on any atom is 0.229 e. The van der Waals surface area contributed by atoms with E-state index in [1.807, 2.05) is 14.0 Å². The van der Waals surface area contributed by atoms with Crippen molar-refractivity contribution in [3.8, 4) is 0 Å². The van der Waals surface area contributed by atoms with E-state index in [-0.39, 0.29) is 5.95 Å². The van der Waals surface area contributed by atoms with Crippen LogP contribution in [-0.2, 0) is 22.8 Å². The normalized spacial score (nSPS) is 14.4. The average Bonchev–Trinajstić information content (AvgIpc) is 3.08. The van der Waals surface area contributed by atoms with Gasteiger partial charge < -0.3 is 15.5 Å². The third kappa shape index (κ3) is 4.49. The number of aromatic amines is 1. The summed E-state index contributed by atoms with van der Waals surface area (Å²) in [6, 6.07) is 3.33. The standard InChI is InChI=1S/C19H21F2N7O2S/c1-10-6-16(27-26-10)23-18-12-4-5-28(2)9-15(12)22-19(25-18)24-17-13(20)7-11(8-14(17)21)31(3,29)30/h6-8H,4-5,9H2,1-3H3,(H3,22,23,24,25,26,27). The largest absolute Gasteiger partial charge is 0.323 e. The van der Waals surface area contributed by atoms with Gasteiger partial charge in [0.05, 0.1) is 10.6 Å². The zero-order valence-corrected chi connectivity index (χ0v) is 17.9. The van der Waals surface area contributed by atoms with Crippen LogP contribution in [0.5, 0.6) is 0 Å². The Morgan fingerprint density at radius 1 is 1.13 bits per heavy atom. The summed E-state index contributed by atoms with van der Waals surface area (Å²) in [5, 5.41) is 12.7. The summed E-state index contributed by atoms with van der Waals surface area (Å²) in [6.45, 7) is 3.22. The minimum atomic E-state index is -3.76. The van der Waals surface area contributed by atoms with E-state index in [2.05, 4.69) is 35.7 Å². The van der Waals surface area contributed by atoms with Crippen LogP contribution in [0.2, 0.25) is 0 Å². The third-order valence-corrected chi connectivity index (χ3v) is 5.98. The van der Waals surface area contributed by atoms with Crippen LogP contribution in [0, 0.1) is 18.6 Å². The number of H-pyrrole nitrogens is 1. The molecule has 0 bridgehead atoms. The van der Waals surface area contributed by atoms with E-state index in [0.717, 1.165) is 41.9 Å². The molecule has 12 heteroatoms. The van der Waals surface area contributed by atoms with Crippen molar-refractivity contribution in [2.24, 2.45) is 0 Å². The van der Waals surface area contributed by atoms with Crippen LogP contribution in [-0.4, -0.2) is 53.3 Å². The van der Waals surface area contributed by atoms with Gasteiger partial charge in [0.25, 0.3) is 0 Å². The molecular formula is C19H21F2N7O2S. The van der Waals surface area contributed by atoms with E-state index < -0.39 is 32.1 Å². The first-order valence-corrected chi connectivity index (χ1v) is 11.3. The first kappa shape index (κ1) is 21.1. The van der Waals surface area contributed by atoms with E-state index in [9.17, 15) is 17.2 Å². The van der Waals surface area contributed by atoms with Crippen LogP contribution in [0.3, 0.4) is 0 Å².